The minimum atomic E-state index is -0.381. The zero-order valence-corrected chi connectivity index (χ0v) is 17.6. The SMILES string of the molecule is C#CC1C[C@H]2[C@@H](OC(=O)CCCC)CCC[C@H]2N1C(=O)OC.Cc1cc2ccc1-2. The smallest absolute Gasteiger partial charge is 0.410 e. The molecule has 1 aliphatic heterocycles. The molecular weight excluding hydrogens is 366 g/mol. The standard InChI is InChI=1S/C17H25NO4.C7H6/c1-4-6-10-16(19)22-15-9-7-8-14-13(15)11-12(5-2)18(14)17(20)21-3;1-5-4-6-2-3-7(5)6/h2,12-15H,4,6-11H2,1,3H3;2-4H,1H3/t12?,13-,14-,15+;/m1./s1. The highest BCUT2D eigenvalue weighted by molar-refractivity contribution is 5.80. The first kappa shape index (κ1) is 21.2. The fourth-order valence-corrected chi connectivity index (χ4v) is 4.65. The van der Waals surface area contributed by atoms with E-state index >= 15 is 0 Å². The van der Waals surface area contributed by atoms with Crippen LogP contribution in [0.4, 0.5) is 4.79 Å². The molecule has 0 spiro atoms. The van der Waals surface area contributed by atoms with Gasteiger partial charge < -0.3 is 9.47 Å². The number of likely N-dealkylation sites (tertiary alicyclic amines) is 1. The average molecular weight is 398 g/mol. The molecule has 29 heavy (non-hydrogen) atoms. The van der Waals surface area contributed by atoms with Gasteiger partial charge >= 0.3 is 12.1 Å². The van der Waals surface area contributed by atoms with E-state index in [-0.39, 0.29) is 36.2 Å². The Kier molecular flexibility index (Phi) is 6.84. The molecule has 0 aromatic carbocycles. The number of amides is 1. The molecule has 2 fully saturated rings. The monoisotopic (exact) mass is 397 g/mol. The first-order valence-electron chi connectivity index (χ1n) is 10.6. The van der Waals surface area contributed by atoms with Crippen molar-refractivity contribution in [1.82, 2.24) is 4.90 Å². The molecule has 156 valence electrons. The van der Waals surface area contributed by atoms with E-state index in [1.807, 2.05) is 6.92 Å². The van der Waals surface area contributed by atoms with Gasteiger partial charge in [0.2, 0.25) is 0 Å². The number of ether oxygens (including phenoxy) is 2. The molecule has 1 saturated carbocycles. The summed E-state index contributed by atoms with van der Waals surface area (Å²) in [4.78, 5) is 25.6. The van der Waals surface area contributed by atoms with Crippen LogP contribution in [0.15, 0.2) is 18.2 Å². The highest BCUT2D eigenvalue weighted by Crippen LogP contribution is 2.41. The Morgan fingerprint density at radius 2 is 2.10 bits per heavy atom. The lowest BCUT2D eigenvalue weighted by Crippen LogP contribution is -2.46. The van der Waals surface area contributed by atoms with Gasteiger partial charge in [0.05, 0.1) is 13.2 Å². The predicted octanol–water partition coefficient (Wildman–Crippen LogP) is 4.71. The van der Waals surface area contributed by atoms with Crippen molar-refractivity contribution in [3.05, 3.63) is 23.8 Å². The Bertz CT molecular complexity index is 797. The molecule has 4 rings (SSSR count). The fraction of sp³-hybridized carbons (Fsp3) is 0.583. The number of unbranched alkanes of at least 4 members (excludes halogenated alkanes) is 1. The number of nitrogens with zero attached hydrogens (tertiary/aromatic N) is 1. The summed E-state index contributed by atoms with van der Waals surface area (Å²) in [6.07, 6.45) is 10.7. The Labute approximate surface area is 173 Å². The number of rotatable bonds is 4. The lowest BCUT2D eigenvalue weighted by atomic mass is 9.82. The van der Waals surface area contributed by atoms with E-state index in [9.17, 15) is 9.59 Å². The number of carbonyl (C=O) groups is 2. The van der Waals surface area contributed by atoms with E-state index in [4.69, 9.17) is 15.9 Å². The summed E-state index contributed by atoms with van der Waals surface area (Å²) in [7, 11) is 1.37. The fourth-order valence-electron chi connectivity index (χ4n) is 4.65. The van der Waals surface area contributed by atoms with Crippen LogP contribution in [-0.2, 0) is 14.3 Å². The van der Waals surface area contributed by atoms with Gasteiger partial charge in [-0.25, -0.2) is 4.79 Å². The molecule has 1 unspecified atom stereocenters. The van der Waals surface area contributed by atoms with Crippen LogP contribution in [0, 0.1) is 25.2 Å². The lowest BCUT2D eigenvalue weighted by molar-refractivity contribution is -0.154. The molecule has 0 aromatic rings. The number of methoxy groups -OCH3 is 1. The average Bonchev–Trinajstić information content (AvgIpc) is 3.09. The molecule has 4 atom stereocenters. The van der Waals surface area contributed by atoms with Crippen molar-refractivity contribution in [1.29, 1.82) is 0 Å². The van der Waals surface area contributed by atoms with E-state index in [1.54, 1.807) is 4.90 Å². The largest absolute Gasteiger partial charge is 0.462 e. The van der Waals surface area contributed by atoms with Gasteiger partial charge in [-0.2, -0.15) is 0 Å². The first-order chi connectivity index (χ1) is 14.0. The van der Waals surface area contributed by atoms with Crippen LogP contribution < -0.4 is 0 Å². The topological polar surface area (TPSA) is 55.8 Å². The van der Waals surface area contributed by atoms with Gasteiger partial charge in [-0.1, -0.05) is 37.5 Å². The Balaban J connectivity index is 0.000000283. The van der Waals surface area contributed by atoms with E-state index in [0.717, 1.165) is 32.1 Å². The Hall–Kier alpha value is -2.48. The molecule has 5 heteroatoms. The van der Waals surface area contributed by atoms with Crippen molar-refractivity contribution < 1.29 is 19.1 Å². The maximum atomic E-state index is 12.0. The van der Waals surface area contributed by atoms with E-state index < -0.39 is 0 Å². The van der Waals surface area contributed by atoms with Crippen molar-refractivity contribution in [3.8, 4) is 23.5 Å². The van der Waals surface area contributed by atoms with Gasteiger partial charge in [0.15, 0.2) is 0 Å². The van der Waals surface area contributed by atoms with Crippen LogP contribution in [0.1, 0.15) is 57.4 Å². The highest BCUT2D eigenvalue weighted by atomic mass is 16.5. The van der Waals surface area contributed by atoms with Gasteiger partial charge in [0.1, 0.15) is 6.10 Å². The quantitative estimate of drug-likeness (QED) is 0.554. The summed E-state index contributed by atoms with van der Waals surface area (Å²) in [6, 6.07) is 6.26. The number of hydrogen-bond donors (Lipinski definition) is 0. The third-order valence-corrected chi connectivity index (χ3v) is 6.28. The van der Waals surface area contributed by atoms with Crippen LogP contribution in [-0.4, -0.2) is 42.3 Å². The maximum absolute atomic E-state index is 12.0. The van der Waals surface area contributed by atoms with E-state index in [1.165, 1.54) is 23.8 Å². The molecule has 0 bridgehead atoms. The second-order valence-electron chi connectivity index (χ2n) is 8.12. The van der Waals surface area contributed by atoms with Crippen LogP contribution in [0.5, 0.6) is 0 Å². The lowest BCUT2D eigenvalue weighted by Gasteiger charge is -2.36. The second kappa shape index (κ2) is 9.35. The molecule has 0 radical (unpaired) electrons. The van der Waals surface area contributed by atoms with Gasteiger partial charge in [-0.3, -0.25) is 9.69 Å². The van der Waals surface area contributed by atoms with Crippen LogP contribution in [0.2, 0.25) is 0 Å². The summed E-state index contributed by atoms with van der Waals surface area (Å²) < 4.78 is 10.5. The predicted molar refractivity (Wildman–Crippen MR) is 112 cm³/mol. The molecule has 3 aliphatic carbocycles. The van der Waals surface area contributed by atoms with Crippen molar-refractivity contribution in [2.24, 2.45) is 5.92 Å². The minimum Gasteiger partial charge on any atom is -0.462 e. The molecule has 0 aromatic heterocycles. The number of esters is 1. The minimum absolute atomic E-state index is 0.0197. The molecule has 5 nitrogen and oxygen atoms in total. The van der Waals surface area contributed by atoms with Crippen LogP contribution in [0.3, 0.4) is 0 Å². The van der Waals surface area contributed by atoms with Crippen LogP contribution >= 0.6 is 0 Å². The van der Waals surface area contributed by atoms with Gasteiger partial charge in [-0.05, 0) is 55.7 Å². The summed E-state index contributed by atoms with van der Waals surface area (Å²) in [5, 5.41) is 0. The number of aryl methyl sites for hydroxylation is 1. The normalized spacial score (nSPS) is 25.8. The third kappa shape index (κ3) is 4.42. The van der Waals surface area contributed by atoms with Crippen molar-refractivity contribution in [2.75, 3.05) is 7.11 Å². The van der Waals surface area contributed by atoms with Gasteiger partial charge in [-0.15, -0.1) is 6.42 Å². The van der Waals surface area contributed by atoms with Gasteiger partial charge in [0, 0.05) is 18.4 Å². The summed E-state index contributed by atoms with van der Waals surface area (Å²) >= 11 is 0. The number of terminal acetylenes is 1. The van der Waals surface area contributed by atoms with E-state index in [0.29, 0.717) is 12.8 Å². The molecular formula is C24H31NO4. The summed E-state index contributed by atoms with van der Waals surface area (Å²) in [5.41, 5.74) is 4.36. The summed E-state index contributed by atoms with van der Waals surface area (Å²) in [6.45, 7) is 4.19. The molecule has 4 aliphatic rings. The highest BCUT2D eigenvalue weighted by Gasteiger charge is 2.49. The number of carbonyl (C=O) groups excluding carboxylic acids is 2. The zero-order valence-electron chi connectivity index (χ0n) is 17.6. The van der Waals surface area contributed by atoms with E-state index in [2.05, 4.69) is 31.0 Å². The molecule has 1 heterocycles. The van der Waals surface area contributed by atoms with Crippen molar-refractivity contribution in [3.63, 3.8) is 0 Å². The number of fused-ring (bicyclic) bond motifs is 2. The summed E-state index contributed by atoms with van der Waals surface area (Å²) in [5.74, 6) is 2.67. The number of hydrogen-bond acceptors (Lipinski definition) is 4. The first-order valence-corrected chi connectivity index (χ1v) is 10.6. The third-order valence-electron chi connectivity index (χ3n) is 6.28. The Morgan fingerprint density at radius 1 is 1.31 bits per heavy atom. The molecule has 1 saturated heterocycles. The van der Waals surface area contributed by atoms with Crippen molar-refractivity contribution >= 4 is 12.1 Å². The van der Waals surface area contributed by atoms with Gasteiger partial charge in [0.25, 0.3) is 0 Å². The Morgan fingerprint density at radius 3 is 2.59 bits per heavy atom. The zero-order chi connectivity index (χ0) is 21.0. The van der Waals surface area contributed by atoms with Crippen molar-refractivity contribution in [2.45, 2.75) is 77.0 Å². The second-order valence-corrected chi connectivity index (χ2v) is 8.12. The number of benzene rings is 1. The van der Waals surface area contributed by atoms with Crippen LogP contribution in [0.25, 0.3) is 11.1 Å². The maximum Gasteiger partial charge on any atom is 0.410 e. The molecule has 0 N–H and O–H groups in total. The molecule has 1 amide bonds.